The standard InChI is InChI=1S/C9H7N3O4/c1-11-4-5-2-8(12(15)16)6(9(13)14)3-7(5)10-11/h2-4H,1H3,(H,13,14). The van der Waals surface area contributed by atoms with Gasteiger partial charge in [-0.1, -0.05) is 0 Å². The van der Waals surface area contributed by atoms with E-state index in [-0.39, 0.29) is 5.56 Å². The molecule has 2 rings (SSSR count). The lowest BCUT2D eigenvalue weighted by Gasteiger charge is -1.97. The van der Waals surface area contributed by atoms with E-state index in [0.717, 1.165) is 0 Å². The smallest absolute Gasteiger partial charge is 0.342 e. The Bertz CT molecular complexity index is 551. The number of fused-ring (bicyclic) bond motifs is 1. The Morgan fingerprint density at radius 3 is 2.81 bits per heavy atom. The lowest BCUT2D eigenvalue weighted by Crippen LogP contribution is -2.02. The predicted octanol–water partition coefficient (Wildman–Crippen LogP) is 1.18. The number of hydrogen-bond acceptors (Lipinski definition) is 4. The van der Waals surface area contributed by atoms with E-state index in [4.69, 9.17) is 5.11 Å². The topological polar surface area (TPSA) is 98.3 Å². The third kappa shape index (κ3) is 1.48. The van der Waals surface area contributed by atoms with Crippen LogP contribution in [0.15, 0.2) is 18.3 Å². The number of carboxylic acid groups (broad SMARTS) is 1. The molecule has 0 radical (unpaired) electrons. The first kappa shape index (κ1) is 10.1. The second-order valence-corrected chi connectivity index (χ2v) is 3.29. The Hall–Kier alpha value is -2.44. The molecule has 1 aromatic carbocycles. The molecule has 0 atom stereocenters. The van der Waals surface area contributed by atoms with Crippen LogP contribution in [0.2, 0.25) is 0 Å². The van der Waals surface area contributed by atoms with Gasteiger partial charge in [-0.05, 0) is 6.07 Å². The van der Waals surface area contributed by atoms with Gasteiger partial charge in [0, 0.05) is 24.7 Å². The van der Waals surface area contributed by atoms with Crippen molar-refractivity contribution in [3.8, 4) is 0 Å². The number of benzene rings is 1. The van der Waals surface area contributed by atoms with Crippen molar-refractivity contribution in [2.24, 2.45) is 7.05 Å². The van der Waals surface area contributed by atoms with Gasteiger partial charge in [0.2, 0.25) is 0 Å². The summed E-state index contributed by atoms with van der Waals surface area (Å²) in [5.74, 6) is -1.33. The van der Waals surface area contributed by atoms with Gasteiger partial charge in [-0.3, -0.25) is 14.8 Å². The van der Waals surface area contributed by atoms with E-state index in [9.17, 15) is 14.9 Å². The predicted molar refractivity (Wildman–Crippen MR) is 54.3 cm³/mol. The summed E-state index contributed by atoms with van der Waals surface area (Å²) < 4.78 is 1.47. The highest BCUT2D eigenvalue weighted by atomic mass is 16.6. The Morgan fingerprint density at radius 1 is 1.56 bits per heavy atom. The molecule has 0 fully saturated rings. The first-order valence-electron chi connectivity index (χ1n) is 4.34. The van der Waals surface area contributed by atoms with Crippen LogP contribution in [-0.2, 0) is 7.05 Å². The highest BCUT2D eigenvalue weighted by molar-refractivity contribution is 5.97. The van der Waals surface area contributed by atoms with Crippen LogP contribution >= 0.6 is 0 Å². The monoisotopic (exact) mass is 221 g/mol. The maximum absolute atomic E-state index is 10.8. The number of aromatic nitrogens is 2. The Balaban J connectivity index is 2.80. The fraction of sp³-hybridized carbons (Fsp3) is 0.111. The molecule has 7 nitrogen and oxygen atoms in total. The molecule has 1 N–H and O–H groups in total. The number of aromatic carboxylic acids is 1. The lowest BCUT2D eigenvalue weighted by molar-refractivity contribution is -0.385. The minimum Gasteiger partial charge on any atom is -0.477 e. The number of nitro groups is 1. The third-order valence-corrected chi connectivity index (χ3v) is 2.16. The Kier molecular flexibility index (Phi) is 2.08. The highest BCUT2D eigenvalue weighted by Gasteiger charge is 2.21. The maximum Gasteiger partial charge on any atom is 0.342 e. The molecule has 1 heterocycles. The van der Waals surface area contributed by atoms with Gasteiger partial charge < -0.3 is 5.11 Å². The van der Waals surface area contributed by atoms with Crippen LogP contribution in [0.25, 0.3) is 10.9 Å². The Labute approximate surface area is 89.1 Å². The van der Waals surface area contributed by atoms with E-state index in [0.29, 0.717) is 10.9 Å². The zero-order valence-corrected chi connectivity index (χ0v) is 8.25. The van der Waals surface area contributed by atoms with Gasteiger partial charge in [0.1, 0.15) is 5.56 Å². The van der Waals surface area contributed by atoms with Crippen molar-refractivity contribution in [1.82, 2.24) is 9.78 Å². The molecule has 0 unspecified atom stereocenters. The van der Waals surface area contributed by atoms with Crippen LogP contribution in [0.1, 0.15) is 10.4 Å². The molecule has 16 heavy (non-hydrogen) atoms. The van der Waals surface area contributed by atoms with E-state index < -0.39 is 16.6 Å². The van der Waals surface area contributed by atoms with Crippen molar-refractivity contribution in [1.29, 1.82) is 0 Å². The van der Waals surface area contributed by atoms with Gasteiger partial charge in [0.05, 0.1) is 10.4 Å². The third-order valence-electron chi connectivity index (χ3n) is 2.16. The van der Waals surface area contributed by atoms with Crippen molar-refractivity contribution in [2.45, 2.75) is 0 Å². The molecule has 0 aliphatic heterocycles. The van der Waals surface area contributed by atoms with E-state index in [1.54, 1.807) is 13.2 Å². The van der Waals surface area contributed by atoms with Gasteiger partial charge in [-0.15, -0.1) is 0 Å². The van der Waals surface area contributed by atoms with Crippen LogP contribution in [-0.4, -0.2) is 25.8 Å². The summed E-state index contributed by atoms with van der Waals surface area (Å²) in [6.07, 6.45) is 1.59. The molecule has 7 heteroatoms. The zero-order chi connectivity index (χ0) is 11.9. The van der Waals surface area contributed by atoms with Crippen LogP contribution in [0.4, 0.5) is 5.69 Å². The van der Waals surface area contributed by atoms with Gasteiger partial charge in [0.25, 0.3) is 5.69 Å². The van der Waals surface area contributed by atoms with Crippen LogP contribution in [0.3, 0.4) is 0 Å². The van der Waals surface area contributed by atoms with E-state index in [1.807, 2.05) is 0 Å². The van der Waals surface area contributed by atoms with Crippen LogP contribution in [0.5, 0.6) is 0 Å². The summed E-state index contributed by atoms with van der Waals surface area (Å²) in [5.41, 5.74) is -0.352. The average Bonchev–Trinajstić information content (AvgIpc) is 2.54. The second-order valence-electron chi connectivity index (χ2n) is 3.29. The first-order valence-corrected chi connectivity index (χ1v) is 4.34. The first-order chi connectivity index (χ1) is 7.49. The van der Waals surface area contributed by atoms with Crippen molar-refractivity contribution in [3.63, 3.8) is 0 Å². The zero-order valence-electron chi connectivity index (χ0n) is 8.25. The summed E-state index contributed by atoms with van der Waals surface area (Å²) in [4.78, 5) is 20.8. The summed E-state index contributed by atoms with van der Waals surface area (Å²) >= 11 is 0. The minimum absolute atomic E-state index is 0.351. The molecule has 0 bridgehead atoms. The number of nitrogens with zero attached hydrogens (tertiary/aromatic N) is 3. The molecular weight excluding hydrogens is 214 g/mol. The molecule has 1 aromatic heterocycles. The van der Waals surface area contributed by atoms with Gasteiger partial charge in [0.15, 0.2) is 0 Å². The molecule has 0 saturated carbocycles. The highest BCUT2D eigenvalue weighted by Crippen LogP contribution is 2.24. The minimum atomic E-state index is -1.33. The van der Waals surface area contributed by atoms with Gasteiger partial charge in [-0.2, -0.15) is 5.10 Å². The SMILES string of the molecule is Cn1cc2cc([N+](=O)[O-])c(C(=O)O)cc2n1. The van der Waals surface area contributed by atoms with Crippen molar-refractivity contribution >= 4 is 22.6 Å². The van der Waals surface area contributed by atoms with E-state index in [2.05, 4.69) is 5.10 Å². The van der Waals surface area contributed by atoms with E-state index in [1.165, 1.54) is 16.8 Å². The average molecular weight is 221 g/mol. The maximum atomic E-state index is 10.8. The molecule has 0 aliphatic carbocycles. The van der Waals surface area contributed by atoms with E-state index >= 15 is 0 Å². The van der Waals surface area contributed by atoms with Gasteiger partial charge >= 0.3 is 5.97 Å². The molecule has 0 saturated heterocycles. The van der Waals surface area contributed by atoms with Crippen LogP contribution < -0.4 is 0 Å². The molecule has 0 aliphatic rings. The van der Waals surface area contributed by atoms with Crippen molar-refractivity contribution < 1.29 is 14.8 Å². The number of hydrogen-bond donors (Lipinski definition) is 1. The molecule has 2 aromatic rings. The summed E-state index contributed by atoms with van der Waals surface area (Å²) in [7, 11) is 1.66. The second kappa shape index (κ2) is 3.30. The number of nitro benzene ring substituents is 1. The quantitative estimate of drug-likeness (QED) is 0.606. The van der Waals surface area contributed by atoms with Crippen molar-refractivity contribution in [2.75, 3.05) is 0 Å². The molecule has 0 amide bonds. The number of aryl methyl sites for hydroxylation is 1. The normalized spacial score (nSPS) is 10.6. The number of carboxylic acids is 1. The molecule has 82 valence electrons. The summed E-state index contributed by atoms with van der Waals surface area (Å²) in [6.45, 7) is 0. The molecular formula is C9H7N3O4. The fourth-order valence-electron chi connectivity index (χ4n) is 1.51. The fourth-order valence-corrected chi connectivity index (χ4v) is 1.51. The van der Waals surface area contributed by atoms with Crippen molar-refractivity contribution in [3.05, 3.63) is 34.0 Å². The van der Waals surface area contributed by atoms with Gasteiger partial charge in [-0.25, -0.2) is 4.79 Å². The number of rotatable bonds is 2. The largest absolute Gasteiger partial charge is 0.477 e. The summed E-state index contributed by atoms with van der Waals surface area (Å²) in [6, 6.07) is 2.42. The Morgan fingerprint density at radius 2 is 2.25 bits per heavy atom. The van der Waals surface area contributed by atoms with Crippen LogP contribution in [0, 0.1) is 10.1 Å². The summed E-state index contributed by atoms with van der Waals surface area (Å²) in [5, 5.41) is 24.1. The molecule has 0 spiro atoms. The number of carbonyl (C=O) groups is 1. The lowest BCUT2D eigenvalue weighted by atomic mass is 10.1.